The van der Waals surface area contributed by atoms with Gasteiger partial charge in [-0.15, -0.1) is 0 Å². The van der Waals surface area contributed by atoms with Crippen LogP contribution in [-0.2, 0) is 16.6 Å². The summed E-state index contributed by atoms with van der Waals surface area (Å²) in [6.45, 7) is 3.11. The number of rotatable bonds is 6. The first kappa shape index (κ1) is 15.5. The van der Waals surface area contributed by atoms with Crippen LogP contribution in [0.15, 0.2) is 17.2 Å². The van der Waals surface area contributed by atoms with Crippen molar-refractivity contribution in [1.29, 1.82) is 0 Å². The molecule has 1 aliphatic rings. The Morgan fingerprint density at radius 2 is 2.05 bits per heavy atom. The Hall–Kier alpha value is -0.850. The molecular formula is C14H25N3O2S. The zero-order valence-electron chi connectivity index (χ0n) is 12.4. The summed E-state index contributed by atoms with van der Waals surface area (Å²) < 4.78 is 27.2. The van der Waals surface area contributed by atoms with E-state index < -0.39 is 10.0 Å². The maximum absolute atomic E-state index is 12.8. The van der Waals surface area contributed by atoms with Crippen LogP contribution in [0.5, 0.6) is 0 Å². The summed E-state index contributed by atoms with van der Waals surface area (Å²) in [6.07, 6.45) is 7.07. The van der Waals surface area contributed by atoms with Crippen molar-refractivity contribution in [3.8, 4) is 0 Å². The molecule has 20 heavy (non-hydrogen) atoms. The second-order valence-electron chi connectivity index (χ2n) is 5.39. The van der Waals surface area contributed by atoms with Gasteiger partial charge in [0, 0.05) is 31.0 Å². The molecule has 114 valence electrons. The third-order valence-corrected chi connectivity index (χ3v) is 5.99. The molecule has 0 radical (unpaired) electrons. The van der Waals surface area contributed by atoms with Gasteiger partial charge in [0.15, 0.2) is 0 Å². The van der Waals surface area contributed by atoms with E-state index >= 15 is 0 Å². The lowest BCUT2D eigenvalue weighted by Gasteiger charge is -2.32. The molecule has 1 heterocycles. The first-order chi connectivity index (χ1) is 9.59. The van der Waals surface area contributed by atoms with Crippen molar-refractivity contribution in [1.82, 2.24) is 14.6 Å². The number of aromatic nitrogens is 1. The summed E-state index contributed by atoms with van der Waals surface area (Å²) in [6, 6.07) is 1.90. The normalized spacial score (nSPS) is 17.8. The third-order valence-electron chi connectivity index (χ3n) is 3.98. The molecule has 0 bridgehead atoms. The number of H-pyrrole nitrogens is 1. The van der Waals surface area contributed by atoms with Crippen molar-refractivity contribution in [2.24, 2.45) is 0 Å². The SMILES string of the molecule is CCN(C1CCCCC1)S(=O)(=O)c1c[nH]c(CNC)c1. The lowest BCUT2D eigenvalue weighted by Crippen LogP contribution is -2.41. The Balaban J connectivity index is 2.21. The molecule has 5 nitrogen and oxygen atoms in total. The predicted octanol–water partition coefficient (Wildman–Crippen LogP) is 2.08. The highest BCUT2D eigenvalue weighted by Gasteiger charge is 2.31. The van der Waals surface area contributed by atoms with E-state index in [1.165, 1.54) is 6.42 Å². The fourth-order valence-electron chi connectivity index (χ4n) is 2.99. The first-order valence-electron chi connectivity index (χ1n) is 7.43. The maximum Gasteiger partial charge on any atom is 0.244 e. The van der Waals surface area contributed by atoms with Gasteiger partial charge < -0.3 is 10.3 Å². The zero-order valence-corrected chi connectivity index (χ0v) is 13.2. The predicted molar refractivity (Wildman–Crippen MR) is 80.0 cm³/mol. The Morgan fingerprint density at radius 1 is 1.35 bits per heavy atom. The molecule has 0 aliphatic heterocycles. The van der Waals surface area contributed by atoms with Crippen molar-refractivity contribution < 1.29 is 8.42 Å². The van der Waals surface area contributed by atoms with Gasteiger partial charge in [-0.1, -0.05) is 26.2 Å². The van der Waals surface area contributed by atoms with Crippen LogP contribution >= 0.6 is 0 Å². The van der Waals surface area contributed by atoms with Gasteiger partial charge in [0.25, 0.3) is 0 Å². The second kappa shape index (κ2) is 6.74. The summed E-state index contributed by atoms with van der Waals surface area (Å²) in [7, 11) is -1.53. The lowest BCUT2D eigenvalue weighted by atomic mass is 9.95. The molecule has 0 aromatic carbocycles. The molecule has 0 atom stereocenters. The molecule has 0 spiro atoms. The van der Waals surface area contributed by atoms with Crippen LogP contribution in [-0.4, -0.2) is 37.3 Å². The summed E-state index contributed by atoms with van der Waals surface area (Å²) in [4.78, 5) is 3.41. The molecule has 6 heteroatoms. The number of nitrogens with zero attached hydrogens (tertiary/aromatic N) is 1. The molecular weight excluding hydrogens is 274 g/mol. The van der Waals surface area contributed by atoms with E-state index in [1.54, 1.807) is 16.6 Å². The molecule has 1 aromatic rings. The summed E-state index contributed by atoms with van der Waals surface area (Å²) in [5.41, 5.74) is 0.894. The minimum absolute atomic E-state index is 0.168. The smallest absolute Gasteiger partial charge is 0.244 e. The van der Waals surface area contributed by atoms with Crippen molar-refractivity contribution in [3.63, 3.8) is 0 Å². The van der Waals surface area contributed by atoms with Gasteiger partial charge in [-0.3, -0.25) is 0 Å². The van der Waals surface area contributed by atoms with Gasteiger partial charge in [0.2, 0.25) is 10.0 Å². The van der Waals surface area contributed by atoms with Crippen LogP contribution < -0.4 is 5.32 Å². The van der Waals surface area contributed by atoms with E-state index in [4.69, 9.17) is 0 Å². The van der Waals surface area contributed by atoms with Gasteiger partial charge in [0.05, 0.1) is 4.90 Å². The highest BCUT2D eigenvalue weighted by atomic mass is 32.2. The number of sulfonamides is 1. The molecule has 2 N–H and O–H groups in total. The first-order valence-corrected chi connectivity index (χ1v) is 8.87. The largest absolute Gasteiger partial charge is 0.363 e. The number of hydrogen-bond acceptors (Lipinski definition) is 3. The van der Waals surface area contributed by atoms with Crippen LogP contribution in [0.25, 0.3) is 0 Å². The van der Waals surface area contributed by atoms with Crippen molar-refractivity contribution in [2.45, 2.75) is 56.5 Å². The molecule has 0 unspecified atom stereocenters. The molecule has 1 fully saturated rings. The fourth-order valence-corrected chi connectivity index (χ4v) is 4.70. The Labute approximate surface area is 121 Å². The van der Waals surface area contributed by atoms with Crippen LogP contribution in [0.4, 0.5) is 0 Å². The van der Waals surface area contributed by atoms with E-state index in [2.05, 4.69) is 10.3 Å². The number of aromatic amines is 1. The van der Waals surface area contributed by atoms with Crippen LogP contribution in [0.2, 0.25) is 0 Å². The quantitative estimate of drug-likeness (QED) is 0.845. The molecule has 1 aliphatic carbocycles. The summed E-state index contributed by atoms with van der Waals surface area (Å²) in [5, 5.41) is 3.02. The molecule has 1 saturated carbocycles. The maximum atomic E-state index is 12.8. The van der Waals surface area contributed by atoms with Crippen molar-refractivity contribution in [2.75, 3.05) is 13.6 Å². The molecule has 2 rings (SSSR count). The lowest BCUT2D eigenvalue weighted by molar-refractivity contribution is 0.261. The van der Waals surface area contributed by atoms with E-state index in [0.29, 0.717) is 18.0 Å². The highest BCUT2D eigenvalue weighted by Crippen LogP contribution is 2.27. The van der Waals surface area contributed by atoms with Crippen LogP contribution in [0.1, 0.15) is 44.7 Å². The van der Waals surface area contributed by atoms with Gasteiger partial charge in [-0.25, -0.2) is 8.42 Å². The van der Waals surface area contributed by atoms with Gasteiger partial charge in [-0.05, 0) is 26.0 Å². The Kier molecular flexibility index (Phi) is 5.23. The average Bonchev–Trinajstić information content (AvgIpc) is 2.90. The van der Waals surface area contributed by atoms with E-state index in [0.717, 1.165) is 31.4 Å². The van der Waals surface area contributed by atoms with E-state index in [1.807, 2.05) is 14.0 Å². The molecule has 0 amide bonds. The van der Waals surface area contributed by atoms with Gasteiger partial charge >= 0.3 is 0 Å². The summed E-state index contributed by atoms with van der Waals surface area (Å²) in [5.74, 6) is 0. The average molecular weight is 299 g/mol. The van der Waals surface area contributed by atoms with E-state index in [-0.39, 0.29) is 6.04 Å². The fraction of sp³-hybridized carbons (Fsp3) is 0.714. The molecule has 1 aromatic heterocycles. The number of nitrogens with one attached hydrogen (secondary N) is 2. The highest BCUT2D eigenvalue weighted by molar-refractivity contribution is 7.89. The minimum atomic E-state index is -3.37. The zero-order chi connectivity index (χ0) is 14.6. The second-order valence-corrected chi connectivity index (χ2v) is 7.28. The third kappa shape index (κ3) is 3.24. The Morgan fingerprint density at radius 3 is 2.65 bits per heavy atom. The van der Waals surface area contributed by atoms with Crippen LogP contribution in [0.3, 0.4) is 0 Å². The minimum Gasteiger partial charge on any atom is -0.363 e. The van der Waals surface area contributed by atoms with E-state index in [9.17, 15) is 8.42 Å². The monoisotopic (exact) mass is 299 g/mol. The van der Waals surface area contributed by atoms with Crippen molar-refractivity contribution in [3.05, 3.63) is 18.0 Å². The topological polar surface area (TPSA) is 65.2 Å². The summed E-state index contributed by atoms with van der Waals surface area (Å²) >= 11 is 0. The van der Waals surface area contributed by atoms with Crippen LogP contribution in [0, 0.1) is 0 Å². The molecule has 0 saturated heterocycles. The number of hydrogen-bond donors (Lipinski definition) is 2. The van der Waals surface area contributed by atoms with Gasteiger partial charge in [0.1, 0.15) is 0 Å². The standard InChI is InChI=1S/C14H25N3O2S/c1-3-17(13-7-5-4-6-8-13)20(18,19)14-9-12(10-15-2)16-11-14/h9,11,13,15-16H,3-8,10H2,1-2H3. The van der Waals surface area contributed by atoms with Gasteiger partial charge in [-0.2, -0.15) is 4.31 Å². The Bertz CT molecular complexity index is 518. The van der Waals surface area contributed by atoms with Crippen molar-refractivity contribution >= 4 is 10.0 Å².